The molecular formula is C19H16ClFN2O2. The Labute approximate surface area is 149 Å². The molecule has 0 N–H and O–H groups in total. The lowest BCUT2D eigenvalue weighted by Gasteiger charge is -2.33. The Morgan fingerprint density at radius 1 is 1.16 bits per heavy atom. The Kier molecular flexibility index (Phi) is 3.96. The Hall–Kier alpha value is -2.40. The second-order valence-corrected chi connectivity index (χ2v) is 6.75. The van der Waals surface area contributed by atoms with Crippen LogP contribution in [0.15, 0.2) is 36.4 Å². The highest BCUT2D eigenvalue weighted by Crippen LogP contribution is 2.45. The highest BCUT2D eigenvalue weighted by molar-refractivity contribution is 6.17. The van der Waals surface area contributed by atoms with E-state index in [0.29, 0.717) is 18.8 Å². The van der Waals surface area contributed by atoms with Gasteiger partial charge in [0, 0.05) is 48.8 Å². The zero-order chi connectivity index (χ0) is 17.6. The summed E-state index contributed by atoms with van der Waals surface area (Å²) in [5.41, 5.74) is 6.31. The molecule has 1 aliphatic heterocycles. The molecule has 0 aromatic heterocycles. The number of fused-ring (bicyclic) bond motifs is 4. The molecule has 0 amide bonds. The summed E-state index contributed by atoms with van der Waals surface area (Å²) >= 11 is 5.87. The standard InChI is InChI=1S/C19H16ClFN2O2/c20-6-1-7-22-11-13-9-15(23(24)25)3-5-16(13)18-10-12-8-14(21)2-4-17(12)19(18)22/h2-5,8-9H,1,6-7,10-11H2. The van der Waals surface area contributed by atoms with Gasteiger partial charge in [0.25, 0.3) is 5.69 Å². The van der Waals surface area contributed by atoms with E-state index in [-0.39, 0.29) is 16.4 Å². The van der Waals surface area contributed by atoms with Crippen molar-refractivity contribution in [2.24, 2.45) is 0 Å². The van der Waals surface area contributed by atoms with Gasteiger partial charge in [-0.1, -0.05) is 0 Å². The summed E-state index contributed by atoms with van der Waals surface area (Å²) in [6, 6.07) is 9.91. The molecule has 6 heteroatoms. The highest BCUT2D eigenvalue weighted by atomic mass is 35.5. The molecular weight excluding hydrogens is 343 g/mol. The number of hydrogen-bond acceptors (Lipinski definition) is 3. The van der Waals surface area contributed by atoms with Gasteiger partial charge in [0.05, 0.1) is 4.92 Å². The minimum atomic E-state index is -0.369. The van der Waals surface area contributed by atoms with Crippen molar-refractivity contribution in [3.63, 3.8) is 0 Å². The van der Waals surface area contributed by atoms with Crippen LogP contribution in [0.3, 0.4) is 0 Å². The first-order valence-corrected chi connectivity index (χ1v) is 8.72. The lowest BCUT2D eigenvalue weighted by atomic mass is 9.93. The molecule has 4 nitrogen and oxygen atoms in total. The van der Waals surface area contributed by atoms with Crippen molar-refractivity contribution in [2.45, 2.75) is 19.4 Å². The second-order valence-electron chi connectivity index (χ2n) is 6.37. The molecule has 0 bridgehead atoms. The first kappa shape index (κ1) is 16.1. The topological polar surface area (TPSA) is 46.4 Å². The summed E-state index contributed by atoms with van der Waals surface area (Å²) in [6.07, 6.45) is 1.46. The average molecular weight is 359 g/mol. The maximum Gasteiger partial charge on any atom is 0.269 e. The lowest BCUT2D eigenvalue weighted by molar-refractivity contribution is -0.384. The highest BCUT2D eigenvalue weighted by Gasteiger charge is 2.32. The number of rotatable bonds is 4. The van der Waals surface area contributed by atoms with Crippen LogP contribution in [0.1, 0.15) is 28.7 Å². The van der Waals surface area contributed by atoms with Crippen molar-refractivity contribution < 1.29 is 9.31 Å². The van der Waals surface area contributed by atoms with Gasteiger partial charge in [0.2, 0.25) is 0 Å². The van der Waals surface area contributed by atoms with Gasteiger partial charge in [-0.15, -0.1) is 11.6 Å². The fourth-order valence-corrected chi connectivity index (χ4v) is 3.92. The number of hydrogen-bond donors (Lipinski definition) is 0. The summed E-state index contributed by atoms with van der Waals surface area (Å²) in [7, 11) is 0. The second kappa shape index (κ2) is 6.15. The van der Waals surface area contributed by atoms with Crippen LogP contribution in [0, 0.1) is 15.9 Å². The smallest absolute Gasteiger partial charge is 0.269 e. The van der Waals surface area contributed by atoms with E-state index >= 15 is 0 Å². The Balaban J connectivity index is 1.84. The first-order valence-electron chi connectivity index (χ1n) is 8.19. The molecule has 0 spiro atoms. The molecule has 1 heterocycles. The van der Waals surface area contributed by atoms with Gasteiger partial charge in [-0.2, -0.15) is 0 Å². The Morgan fingerprint density at radius 2 is 1.96 bits per heavy atom. The SMILES string of the molecule is O=[N+]([O-])c1ccc2c(c1)CN(CCCCl)C1=C2Cc2cc(F)ccc21. The zero-order valence-corrected chi connectivity index (χ0v) is 14.2. The molecule has 0 atom stereocenters. The van der Waals surface area contributed by atoms with Crippen molar-refractivity contribution in [1.82, 2.24) is 4.90 Å². The van der Waals surface area contributed by atoms with Crippen LogP contribution >= 0.6 is 11.6 Å². The lowest BCUT2D eigenvalue weighted by Crippen LogP contribution is -2.27. The largest absolute Gasteiger partial charge is 0.366 e. The average Bonchev–Trinajstić information content (AvgIpc) is 2.97. The molecule has 1 aliphatic carbocycles. The molecule has 0 saturated carbocycles. The predicted molar refractivity (Wildman–Crippen MR) is 95.8 cm³/mol. The van der Waals surface area contributed by atoms with Crippen molar-refractivity contribution in [3.05, 3.63) is 74.6 Å². The summed E-state index contributed by atoms with van der Waals surface area (Å²) in [4.78, 5) is 13.0. The quantitative estimate of drug-likeness (QED) is 0.456. The van der Waals surface area contributed by atoms with Crippen molar-refractivity contribution >= 4 is 28.6 Å². The van der Waals surface area contributed by atoms with Gasteiger partial charge in [0.1, 0.15) is 5.82 Å². The van der Waals surface area contributed by atoms with Crippen LogP contribution in [-0.2, 0) is 13.0 Å². The Bertz CT molecular complexity index is 910. The van der Waals surface area contributed by atoms with Gasteiger partial charge in [-0.25, -0.2) is 4.39 Å². The van der Waals surface area contributed by atoms with Crippen molar-refractivity contribution in [2.75, 3.05) is 12.4 Å². The number of nitro groups is 1. The fraction of sp³-hybridized carbons (Fsp3) is 0.263. The number of non-ortho nitro benzene ring substituents is 1. The van der Waals surface area contributed by atoms with E-state index < -0.39 is 0 Å². The van der Waals surface area contributed by atoms with Crippen LogP contribution in [-0.4, -0.2) is 22.2 Å². The number of allylic oxidation sites excluding steroid dienone is 1. The molecule has 2 aromatic rings. The molecule has 4 rings (SSSR count). The number of alkyl halides is 1. The third-order valence-electron chi connectivity index (χ3n) is 4.84. The van der Waals surface area contributed by atoms with Crippen LogP contribution in [0.2, 0.25) is 0 Å². The molecule has 128 valence electrons. The maximum atomic E-state index is 13.7. The molecule has 25 heavy (non-hydrogen) atoms. The van der Waals surface area contributed by atoms with E-state index in [1.165, 1.54) is 6.07 Å². The van der Waals surface area contributed by atoms with Crippen LogP contribution in [0.4, 0.5) is 10.1 Å². The van der Waals surface area contributed by atoms with Gasteiger partial charge < -0.3 is 4.90 Å². The summed E-state index contributed by atoms with van der Waals surface area (Å²) in [5, 5.41) is 11.1. The maximum absolute atomic E-state index is 13.7. The van der Waals surface area contributed by atoms with E-state index in [0.717, 1.165) is 46.5 Å². The third kappa shape index (κ3) is 2.68. The van der Waals surface area contributed by atoms with E-state index in [4.69, 9.17) is 11.6 Å². The van der Waals surface area contributed by atoms with Gasteiger partial charge in [-0.3, -0.25) is 10.1 Å². The number of nitrogens with zero attached hydrogens (tertiary/aromatic N) is 2. The fourth-order valence-electron chi connectivity index (χ4n) is 3.81. The number of halogens is 2. The summed E-state index contributed by atoms with van der Waals surface area (Å²) < 4.78 is 13.7. The normalized spacial score (nSPS) is 15.0. The summed E-state index contributed by atoms with van der Waals surface area (Å²) in [5.74, 6) is 0.312. The summed E-state index contributed by atoms with van der Waals surface area (Å²) in [6.45, 7) is 1.37. The van der Waals surface area contributed by atoms with Crippen LogP contribution in [0.5, 0.6) is 0 Å². The molecule has 2 aromatic carbocycles. The van der Waals surface area contributed by atoms with Gasteiger partial charge in [-0.05, 0) is 52.9 Å². The number of nitro benzene ring substituents is 1. The molecule has 2 aliphatic rings. The monoisotopic (exact) mass is 358 g/mol. The van der Waals surface area contributed by atoms with Gasteiger partial charge in [0.15, 0.2) is 0 Å². The predicted octanol–water partition coefficient (Wildman–Crippen LogP) is 4.60. The van der Waals surface area contributed by atoms with E-state index in [1.54, 1.807) is 18.2 Å². The first-order chi connectivity index (χ1) is 12.1. The minimum absolute atomic E-state index is 0.0987. The van der Waals surface area contributed by atoms with E-state index in [9.17, 15) is 14.5 Å². The molecule has 0 unspecified atom stereocenters. The van der Waals surface area contributed by atoms with E-state index in [2.05, 4.69) is 4.90 Å². The van der Waals surface area contributed by atoms with Crippen LogP contribution in [0.25, 0.3) is 11.3 Å². The van der Waals surface area contributed by atoms with E-state index in [1.807, 2.05) is 12.1 Å². The van der Waals surface area contributed by atoms with Crippen molar-refractivity contribution in [3.8, 4) is 0 Å². The van der Waals surface area contributed by atoms with Crippen molar-refractivity contribution in [1.29, 1.82) is 0 Å². The zero-order valence-electron chi connectivity index (χ0n) is 13.5. The van der Waals surface area contributed by atoms with Crippen LogP contribution < -0.4 is 0 Å². The molecule has 0 radical (unpaired) electrons. The third-order valence-corrected chi connectivity index (χ3v) is 5.11. The molecule has 0 saturated heterocycles. The minimum Gasteiger partial charge on any atom is -0.366 e. The Morgan fingerprint density at radius 3 is 2.72 bits per heavy atom. The van der Waals surface area contributed by atoms with Gasteiger partial charge >= 0.3 is 0 Å². The molecule has 0 fully saturated rings. The number of benzene rings is 2.